The number of nitrogens with zero attached hydrogens (tertiary/aromatic N) is 1. The first-order valence-electron chi connectivity index (χ1n) is 8.12. The lowest BCUT2D eigenvalue weighted by atomic mass is 9.77. The molecule has 2 fully saturated rings. The van der Waals surface area contributed by atoms with Gasteiger partial charge in [0.1, 0.15) is 0 Å². The molecule has 0 radical (unpaired) electrons. The van der Waals surface area contributed by atoms with Crippen LogP contribution in [0, 0.1) is 5.41 Å². The summed E-state index contributed by atoms with van der Waals surface area (Å²) in [5.74, 6) is 0.214. The Morgan fingerprint density at radius 2 is 1.55 bits per heavy atom. The Labute approximate surface area is 128 Å². The zero-order valence-corrected chi connectivity index (χ0v) is 13.7. The fraction of sp³-hybridized carbons (Fsp3) is 0.875. The molecule has 1 saturated carbocycles. The molecule has 2 rings (SSSR count). The van der Waals surface area contributed by atoms with Crippen LogP contribution in [0.2, 0.25) is 0 Å². The summed E-state index contributed by atoms with van der Waals surface area (Å²) in [6.07, 6.45) is 9.64. The van der Waals surface area contributed by atoms with Gasteiger partial charge in [-0.3, -0.25) is 4.79 Å². The SMILES string of the molecule is C[C@@H]1CCC[C@H](C)N1C(=O)C1(C(N)=S)CCCCCC1. The second-order valence-corrected chi connectivity index (χ2v) is 7.14. The Morgan fingerprint density at radius 3 is 2.00 bits per heavy atom. The first-order valence-corrected chi connectivity index (χ1v) is 8.52. The molecule has 2 aliphatic rings. The molecule has 2 N–H and O–H groups in total. The lowest BCUT2D eigenvalue weighted by Crippen LogP contribution is -2.57. The second-order valence-electron chi connectivity index (χ2n) is 6.70. The van der Waals surface area contributed by atoms with Gasteiger partial charge in [-0.1, -0.05) is 37.9 Å². The Balaban J connectivity index is 2.28. The average molecular weight is 296 g/mol. The van der Waals surface area contributed by atoms with Crippen molar-refractivity contribution >= 4 is 23.1 Å². The van der Waals surface area contributed by atoms with Crippen LogP contribution < -0.4 is 5.73 Å². The zero-order chi connectivity index (χ0) is 14.8. The minimum atomic E-state index is -0.564. The molecule has 0 bridgehead atoms. The molecule has 0 unspecified atom stereocenters. The number of carbonyl (C=O) groups excluding carboxylic acids is 1. The van der Waals surface area contributed by atoms with E-state index in [2.05, 4.69) is 18.7 Å². The van der Waals surface area contributed by atoms with Crippen molar-refractivity contribution in [3.05, 3.63) is 0 Å². The smallest absolute Gasteiger partial charge is 0.236 e. The molecule has 0 aromatic rings. The molecule has 1 saturated heterocycles. The van der Waals surface area contributed by atoms with Crippen molar-refractivity contribution in [2.75, 3.05) is 0 Å². The number of amides is 1. The number of hydrogen-bond acceptors (Lipinski definition) is 2. The fourth-order valence-corrected chi connectivity index (χ4v) is 4.26. The Bertz CT molecular complexity index is 365. The average Bonchev–Trinajstić information content (AvgIpc) is 2.64. The number of thiocarbonyl (C=S) groups is 1. The van der Waals surface area contributed by atoms with Crippen molar-refractivity contribution in [1.82, 2.24) is 4.90 Å². The summed E-state index contributed by atoms with van der Waals surface area (Å²) in [6.45, 7) is 4.33. The third-order valence-corrected chi connectivity index (χ3v) is 5.66. The van der Waals surface area contributed by atoms with Crippen LogP contribution in [0.1, 0.15) is 71.6 Å². The summed E-state index contributed by atoms with van der Waals surface area (Å²) >= 11 is 5.34. The molecule has 2 atom stereocenters. The van der Waals surface area contributed by atoms with Crippen molar-refractivity contribution in [1.29, 1.82) is 0 Å². The summed E-state index contributed by atoms with van der Waals surface area (Å²) in [5.41, 5.74) is 5.49. The zero-order valence-electron chi connectivity index (χ0n) is 12.9. The van der Waals surface area contributed by atoms with Crippen LogP contribution in [0.3, 0.4) is 0 Å². The van der Waals surface area contributed by atoms with Crippen molar-refractivity contribution < 1.29 is 4.79 Å². The molecule has 4 heteroatoms. The van der Waals surface area contributed by atoms with Gasteiger partial charge in [-0.2, -0.15) is 0 Å². The highest BCUT2D eigenvalue weighted by molar-refractivity contribution is 7.80. The van der Waals surface area contributed by atoms with E-state index >= 15 is 0 Å². The molecule has 0 spiro atoms. The van der Waals surface area contributed by atoms with Gasteiger partial charge in [0, 0.05) is 12.1 Å². The van der Waals surface area contributed by atoms with Crippen LogP contribution in [0.25, 0.3) is 0 Å². The van der Waals surface area contributed by atoms with E-state index in [1.165, 1.54) is 19.3 Å². The standard InChI is InChI=1S/C16H28N2OS/c1-12-8-7-9-13(2)18(12)15(19)16(14(17)20)10-5-3-4-6-11-16/h12-13H,3-11H2,1-2H3,(H2,17,20)/t12-,13+. The Kier molecular flexibility index (Phi) is 5.05. The van der Waals surface area contributed by atoms with Gasteiger partial charge >= 0.3 is 0 Å². The number of likely N-dealkylation sites (tertiary alicyclic amines) is 1. The van der Waals surface area contributed by atoms with Crippen LogP contribution >= 0.6 is 12.2 Å². The molecular formula is C16H28N2OS. The third kappa shape index (κ3) is 2.85. The van der Waals surface area contributed by atoms with E-state index in [-0.39, 0.29) is 5.91 Å². The van der Waals surface area contributed by atoms with Gasteiger partial charge < -0.3 is 10.6 Å². The summed E-state index contributed by atoms with van der Waals surface area (Å²) in [4.78, 5) is 15.8. The molecule has 1 aliphatic heterocycles. The molecule has 1 heterocycles. The van der Waals surface area contributed by atoms with E-state index in [0.717, 1.165) is 38.5 Å². The van der Waals surface area contributed by atoms with Gasteiger partial charge in [-0.25, -0.2) is 0 Å². The van der Waals surface area contributed by atoms with Crippen molar-refractivity contribution in [3.63, 3.8) is 0 Å². The first kappa shape index (κ1) is 15.7. The lowest BCUT2D eigenvalue weighted by Gasteiger charge is -2.44. The van der Waals surface area contributed by atoms with Gasteiger partial charge in [-0.15, -0.1) is 0 Å². The molecule has 1 aliphatic carbocycles. The number of carbonyl (C=O) groups is 1. The number of piperidine rings is 1. The van der Waals surface area contributed by atoms with Crippen LogP contribution in [0.4, 0.5) is 0 Å². The molecule has 3 nitrogen and oxygen atoms in total. The van der Waals surface area contributed by atoms with Gasteiger partial charge in [0.05, 0.1) is 10.4 Å². The summed E-state index contributed by atoms with van der Waals surface area (Å²) in [5, 5.41) is 0. The molecule has 0 aromatic heterocycles. The van der Waals surface area contributed by atoms with Crippen LogP contribution in [-0.4, -0.2) is 27.9 Å². The maximum Gasteiger partial charge on any atom is 0.236 e. The Hall–Kier alpha value is -0.640. The largest absolute Gasteiger partial charge is 0.392 e. The molecule has 1 amide bonds. The van der Waals surface area contributed by atoms with Crippen molar-refractivity contribution in [3.8, 4) is 0 Å². The quantitative estimate of drug-likeness (QED) is 0.627. The van der Waals surface area contributed by atoms with Gasteiger partial charge in [0.15, 0.2) is 0 Å². The van der Waals surface area contributed by atoms with E-state index in [9.17, 15) is 4.79 Å². The normalized spacial score (nSPS) is 30.6. The van der Waals surface area contributed by atoms with E-state index < -0.39 is 5.41 Å². The highest BCUT2D eigenvalue weighted by Crippen LogP contribution is 2.39. The highest BCUT2D eigenvalue weighted by Gasteiger charge is 2.46. The molecule has 20 heavy (non-hydrogen) atoms. The first-order chi connectivity index (χ1) is 9.49. The predicted molar refractivity (Wildman–Crippen MR) is 86.5 cm³/mol. The van der Waals surface area contributed by atoms with E-state index in [0.29, 0.717) is 17.1 Å². The molecule has 114 valence electrons. The van der Waals surface area contributed by atoms with Gasteiger partial charge in [0.25, 0.3) is 0 Å². The highest BCUT2D eigenvalue weighted by atomic mass is 32.1. The number of rotatable bonds is 2. The predicted octanol–water partition coefficient (Wildman–Crippen LogP) is 3.40. The van der Waals surface area contributed by atoms with E-state index in [4.69, 9.17) is 18.0 Å². The summed E-state index contributed by atoms with van der Waals surface area (Å²) in [6, 6.07) is 0.640. The van der Waals surface area contributed by atoms with Crippen LogP contribution in [0.5, 0.6) is 0 Å². The van der Waals surface area contributed by atoms with Crippen LogP contribution in [0.15, 0.2) is 0 Å². The second kappa shape index (κ2) is 6.42. The maximum absolute atomic E-state index is 13.2. The Morgan fingerprint density at radius 1 is 1.05 bits per heavy atom. The minimum absolute atomic E-state index is 0.214. The van der Waals surface area contributed by atoms with E-state index in [1.807, 2.05) is 0 Å². The molecular weight excluding hydrogens is 268 g/mol. The lowest BCUT2D eigenvalue weighted by molar-refractivity contribution is -0.145. The van der Waals surface area contributed by atoms with E-state index in [1.54, 1.807) is 0 Å². The third-order valence-electron chi connectivity index (χ3n) is 5.27. The topological polar surface area (TPSA) is 46.3 Å². The van der Waals surface area contributed by atoms with Crippen LogP contribution in [-0.2, 0) is 4.79 Å². The van der Waals surface area contributed by atoms with Gasteiger partial charge in [-0.05, 0) is 46.0 Å². The minimum Gasteiger partial charge on any atom is -0.392 e. The van der Waals surface area contributed by atoms with Gasteiger partial charge in [0.2, 0.25) is 5.91 Å². The number of nitrogens with two attached hydrogens (primary N) is 1. The monoisotopic (exact) mass is 296 g/mol. The summed E-state index contributed by atoms with van der Waals surface area (Å²) < 4.78 is 0. The van der Waals surface area contributed by atoms with Crippen molar-refractivity contribution in [2.45, 2.75) is 83.7 Å². The fourth-order valence-electron chi connectivity index (χ4n) is 3.97. The molecule has 0 aromatic carbocycles. The number of hydrogen-bond donors (Lipinski definition) is 1. The summed E-state index contributed by atoms with van der Waals surface area (Å²) in [7, 11) is 0. The van der Waals surface area contributed by atoms with Crippen molar-refractivity contribution in [2.24, 2.45) is 11.1 Å². The maximum atomic E-state index is 13.2.